The monoisotopic (exact) mass is 396 g/mol. The van der Waals surface area contributed by atoms with Gasteiger partial charge in [0.1, 0.15) is 6.54 Å². The molecule has 0 saturated heterocycles. The maximum Gasteiger partial charge on any atom is 0.405 e. The van der Waals surface area contributed by atoms with E-state index >= 15 is 0 Å². The number of alkyl halides is 3. The number of esters is 1. The summed E-state index contributed by atoms with van der Waals surface area (Å²) in [5, 5.41) is 1.55. The molecule has 0 fully saturated rings. The Kier molecular flexibility index (Phi) is 7.57. The molecular weight excluding hydrogens is 377 g/mol. The van der Waals surface area contributed by atoms with Gasteiger partial charge in [-0.1, -0.05) is 19.9 Å². The number of sulfonamides is 1. The lowest BCUT2D eigenvalue weighted by atomic mass is 10.2. The molecule has 0 aliphatic heterocycles. The first-order valence-electron chi connectivity index (χ1n) is 7.62. The van der Waals surface area contributed by atoms with Crippen LogP contribution in [0.5, 0.6) is 0 Å². The fourth-order valence-corrected chi connectivity index (χ4v) is 3.46. The first-order valence-corrected chi connectivity index (χ1v) is 9.06. The highest BCUT2D eigenvalue weighted by Crippen LogP contribution is 2.17. The second-order valence-corrected chi connectivity index (χ2v) is 7.02. The molecule has 146 valence electrons. The molecule has 0 radical (unpaired) electrons. The molecule has 0 aliphatic carbocycles. The molecule has 1 aromatic rings. The standard InChI is InChI=1S/C15H19F3N2O5S/c1-3-20(4-2)26(23,24)12-7-5-6-11(8-12)14(22)25-9-13(21)19-10-15(16,17)18/h5-8H,3-4,9-10H2,1-2H3,(H,19,21). The summed E-state index contributed by atoms with van der Waals surface area (Å²) in [6.45, 7) is 1.36. The van der Waals surface area contributed by atoms with Crippen molar-refractivity contribution in [2.24, 2.45) is 0 Å². The summed E-state index contributed by atoms with van der Waals surface area (Å²) < 4.78 is 66.6. The van der Waals surface area contributed by atoms with E-state index in [2.05, 4.69) is 4.74 Å². The van der Waals surface area contributed by atoms with Gasteiger partial charge in [0, 0.05) is 13.1 Å². The van der Waals surface area contributed by atoms with Crippen molar-refractivity contribution in [1.29, 1.82) is 0 Å². The SMILES string of the molecule is CCN(CC)S(=O)(=O)c1cccc(C(=O)OCC(=O)NCC(F)(F)F)c1. The molecule has 0 aromatic heterocycles. The van der Waals surface area contributed by atoms with Crippen molar-refractivity contribution >= 4 is 21.9 Å². The summed E-state index contributed by atoms with van der Waals surface area (Å²) >= 11 is 0. The Bertz CT molecular complexity index is 746. The molecule has 1 N–H and O–H groups in total. The largest absolute Gasteiger partial charge is 0.452 e. The Morgan fingerprint density at radius 2 is 1.81 bits per heavy atom. The van der Waals surface area contributed by atoms with E-state index in [0.29, 0.717) is 0 Å². The van der Waals surface area contributed by atoms with Crippen molar-refractivity contribution in [3.05, 3.63) is 29.8 Å². The molecule has 0 atom stereocenters. The zero-order chi connectivity index (χ0) is 20.0. The fourth-order valence-electron chi connectivity index (χ4n) is 1.96. The first kappa shape index (κ1) is 21.9. The van der Waals surface area contributed by atoms with Gasteiger partial charge >= 0.3 is 12.1 Å². The third-order valence-electron chi connectivity index (χ3n) is 3.23. The molecular formula is C15H19F3N2O5S. The predicted molar refractivity (Wildman–Crippen MR) is 85.9 cm³/mol. The van der Waals surface area contributed by atoms with Gasteiger partial charge in [0.2, 0.25) is 10.0 Å². The molecule has 1 amide bonds. The molecule has 1 rings (SSSR count). The maximum absolute atomic E-state index is 12.4. The van der Waals surface area contributed by atoms with E-state index in [9.17, 15) is 31.2 Å². The van der Waals surface area contributed by atoms with Crippen LogP contribution < -0.4 is 5.32 Å². The van der Waals surface area contributed by atoms with Crippen molar-refractivity contribution in [1.82, 2.24) is 9.62 Å². The summed E-state index contributed by atoms with van der Waals surface area (Å²) in [5.41, 5.74) is -0.137. The number of carbonyl (C=O) groups is 2. The van der Waals surface area contributed by atoms with Crippen LogP contribution in [0.1, 0.15) is 24.2 Å². The van der Waals surface area contributed by atoms with Gasteiger partial charge in [-0.05, 0) is 18.2 Å². The second-order valence-electron chi connectivity index (χ2n) is 5.09. The van der Waals surface area contributed by atoms with E-state index in [0.717, 1.165) is 6.07 Å². The number of nitrogens with zero attached hydrogens (tertiary/aromatic N) is 1. The number of carbonyl (C=O) groups excluding carboxylic acids is 2. The zero-order valence-corrected chi connectivity index (χ0v) is 15.0. The molecule has 0 aliphatic rings. The highest BCUT2D eigenvalue weighted by atomic mass is 32.2. The van der Waals surface area contributed by atoms with Crippen molar-refractivity contribution in [3.8, 4) is 0 Å². The number of hydrogen-bond acceptors (Lipinski definition) is 5. The summed E-state index contributed by atoms with van der Waals surface area (Å²) in [6, 6.07) is 5.00. The van der Waals surface area contributed by atoms with E-state index in [4.69, 9.17) is 0 Å². The lowest BCUT2D eigenvalue weighted by Gasteiger charge is -2.18. The Balaban J connectivity index is 2.79. The van der Waals surface area contributed by atoms with Crippen molar-refractivity contribution in [2.75, 3.05) is 26.2 Å². The molecule has 7 nitrogen and oxygen atoms in total. The van der Waals surface area contributed by atoms with Crippen LogP contribution in [-0.2, 0) is 19.6 Å². The van der Waals surface area contributed by atoms with Crippen LogP contribution in [0.3, 0.4) is 0 Å². The zero-order valence-electron chi connectivity index (χ0n) is 14.2. The first-order chi connectivity index (χ1) is 12.0. The van der Waals surface area contributed by atoms with E-state index < -0.39 is 41.2 Å². The van der Waals surface area contributed by atoms with Crippen LogP contribution in [0, 0.1) is 0 Å². The quantitative estimate of drug-likeness (QED) is 0.673. The van der Waals surface area contributed by atoms with Gasteiger partial charge in [0.25, 0.3) is 5.91 Å². The summed E-state index contributed by atoms with van der Waals surface area (Å²) in [6.07, 6.45) is -4.58. The number of rotatable bonds is 8. The molecule has 11 heteroatoms. The molecule has 1 aromatic carbocycles. The Morgan fingerprint density at radius 1 is 1.19 bits per heavy atom. The van der Waals surface area contributed by atoms with E-state index in [1.807, 2.05) is 0 Å². The molecule has 0 bridgehead atoms. The Morgan fingerprint density at radius 3 is 2.35 bits per heavy atom. The van der Waals surface area contributed by atoms with Gasteiger partial charge in [-0.25, -0.2) is 13.2 Å². The molecule has 0 heterocycles. The van der Waals surface area contributed by atoms with Crippen LogP contribution in [-0.4, -0.2) is 57.0 Å². The third kappa shape index (κ3) is 6.30. The van der Waals surface area contributed by atoms with Gasteiger partial charge in [-0.15, -0.1) is 0 Å². The number of nitrogens with one attached hydrogen (secondary N) is 1. The number of halogens is 3. The van der Waals surface area contributed by atoms with Crippen molar-refractivity contribution in [2.45, 2.75) is 24.9 Å². The van der Waals surface area contributed by atoms with Crippen molar-refractivity contribution in [3.63, 3.8) is 0 Å². The van der Waals surface area contributed by atoms with Gasteiger partial charge in [0.05, 0.1) is 10.5 Å². The number of amides is 1. The molecule has 26 heavy (non-hydrogen) atoms. The third-order valence-corrected chi connectivity index (χ3v) is 5.28. The van der Waals surface area contributed by atoms with Gasteiger partial charge in [-0.2, -0.15) is 17.5 Å². The number of ether oxygens (including phenoxy) is 1. The topological polar surface area (TPSA) is 92.8 Å². The summed E-state index contributed by atoms with van der Waals surface area (Å²) in [7, 11) is -3.79. The van der Waals surface area contributed by atoms with Crippen molar-refractivity contribution < 1.29 is 35.9 Å². The van der Waals surface area contributed by atoms with Crippen LogP contribution in [0.2, 0.25) is 0 Å². The van der Waals surface area contributed by atoms with E-state index in [-0.39, 0.29) is 23.5 Å². The number of hydrogen-bond donors (Lipinski definition) is 1. The molecule has 0 saturated carbocycles. The van der Waals surface area contributed by atoms with Crippen LogP contribution in [0.15, 0.2) is 29.2 Å². The van der Waals surface area contributed by atoms with Gasteiger partial charge < -0.3 is 10.1 Å². The summed E-state index contributed by atoms with van der Waals surface area (Å²) in [4.78, 5) is 23.0. The predicted octanol–water partition coefficient (Wildman–Crippen LogP) is 1.55. The fraction of sp³-hybridized carbons (Fsp3) is 0.467. The molecule has 0 spiro atoms. The van der Waals surface area contributed by atoms with E-state index in [1.165, 1.54) is 22.5 Å². The Hall–Kier alpha value is -2.14. The highest BCUT2D eigenvalue weighted by molar-refractivity contribution is 7.89. The van der Waals surface area contributed by atoms with Crippen LogP contribution in [0.4, 0.5) is 13.2 Å². The number of benzene rings is 1. The van der Waals surface area contributed by atoms with Crippen LogP contribution in [0.25, 0.3) is 0 Å². The lowest BCUT2D eigenvalue weighted by molar-refractivity contribution is -0.140. The minimum Gasteiger partial charge on any atom is -0.452 e. The summed E-state index contributed by atoms with van der Waals surface area (Å²) in [5.74, 6) is -2.15. The minimum atomic E-state index is -4.58. The van der Waals surface area contributed by atoms with Crippen LogP contribution >= 0.6 is 0 Å². The average Bonchev–Trinajstić information content (AvgIpc) is 2.58. The minimum absolute atomic E-state index is 0.128. The lowest BCUT2D eigenvalue weighted by Crippen LogP contribution is -2.36. The second kappa shape index (κ2) is 8.99. The van der Waals surface area contributed by atoms with E-state index in [1.54, 1.807) is 19.2 Å². The van der Waals surface area contributed by atoms with Gasteiger partial charge in [0.15, 0.2) is 6.61 Å². The van der Waals surface area contributed by atoms with Gasteiger partial charge in [-0.3, -0.25) is 4.79 Å². The smallest absolute Gasteiger partial charge is 0.405 e. The normalized spacial score (nSPS) is 12.1. The molecule has 0 unspecified atom stereocenters. The highest BCUT2D eigenvalue weighted by Gasteiger charge is 2.28. The Labute approximate surface area is 149 Å². The average molecular weight is 396 g/mol. The maximum atomic E-state index is 12.4.